The zero-order valence-corrected chi connectivity index (χ0v) is 15.9. The summed E-state index contributed by atoms with van der Waals surface area (Å²) in [4.78, 5) is 24.0. The average molecular weight is 396 g/mol. The smallest absolute Gasteiger partial charge is 0.327 e. The molecule has 1 aromatic heterocycles. The van der Waals surface area contributed by atoms with Crippen molar-refractivity contribution in [2.45, 2.75) is 25.6 Å². The quantitative estimate of drug-likeness (QED) is 0.773. The molecule has 26 heavy (non-hydrogen) atoms. The summed E-state index contributed by atoms with van der Waals surface area (Å²) >= 11 is 7.49. The largest absolute Gasteiger partial charge is 0.506 e. The van der Waals surface area contributed by atoms with Gasteiger partial charge in [0.2, 0.25) is 5.91 Å². The summed E-state index contributed by atoms with van der Waals surface area (Å²) in [6, 6.07) is 4.97. The number of benzene rings is 1. The molecule has 0 fully saturated rings. The van der Waals surface area contributed by atoms with Gasteiger partial charge in [-0.1, -0.05) is 17.7 Å². The summed E-state index contributed by atoms with van der Waals surface area (Å²) in [7, 11) is 0. The summed E-state index contributed by atoms with van der Waals surface area (Å²) in [5.74, 6) is 0.135. The van der Waals surface area contributed by atoms with E-state index >= 15 is 0 Å². The van der Waals surface area contributed by atoms with Crippen molar-refractivity contribution < 1.29 is 19.4 Å². The Morgan fingerprint density at radius 1 is 1.54 bits per heavy atom. The highest BCUT2D eigenvalue weighted by atomic mass is 35.5. The van der Waals surface area contributed by atoms with E-state index in [0.717, 1.165) is 11.1 Å². The predicted molar refractivity (Wildman–Crippen MR) is 99.6 cm³/mol. The number of fused-ring (bicyclic) bond motifs is 1. The first kappa shape index (κ1) is 18.6. The lowest BCUT2D eigenvalue weighted by Crippen LogP contribution is -2.20. The van der Waals surface area contributed by atoms with Crippen molar-refractivity contribution in [3.63, 3.8) is 0 Å². The van der Waals surface area contributed by atoms with Crippen LogP contribution in [0.25, 0.3) is 0 Å². The number of ether oxygens (including phenoxy) is 1. The number of aromatic nitrogens is 2. The number of carbonyl (C=O) groups is 2. The fraction of sp³-hybridized carbons (Fsp3) is 0.353. The number of hydrogen-bond acceptors (Lipinski definition) is 6. The highest BCUT2D eigenvalue weighted by molar-refractivity contribution is 8.00. The summed E-state index contributed by atoms with van der Waals surface area (Å²) in [6.07, 6.45) is 0. The van der Waals surface area contributed by atoms with E-state index in [0.29, 0.717) is 11.5 Å². The number of aryl methyl sites for hydroxylation is 1. The SMILES string of the molecule is CCOC(=O)Cn1nc(C)c2c1NC(=O)CSC2c1ccc(O)c(Cl)c1. The van der Waals surface area contributed by atoms with Gasteiger partial charge >= 0.3 is 5.97 Å². The molecule has 1 aromatic carbocycles. The zero-order chi connectivity index (χ0) is 18.8. The first-order chi connectivity index (χ1) is 12.4. The van der Waals surface area contributed by atoms with E-state index in [1.165, 1.54) is 22.5 Å². The van der Waals surface area contributed by atoms with Crippen LogP contribution in [0.3, 0.4) is 0 Å². The number of halogens is 1. The van der Waals surface area contributed by atoms with Gasteiger partial charge in [0.15, 0.2) is 0 Å². The Kier molecular flexibility index (Phi) is 5.43. The van der Waals surface area contributed by atoms with Crippen molar-refractivity contribution in [2.75, 3.05) is 17.7 Å². The number of phenols is 1. The second kappa shape index (κ2) is 7.59. The van der Waals surface area contributed by atoms with Crippen LogP contribution in [-0.4, -0.2) is 39.1 Å². The highest BCUT2D eigenvalue weighted by Gasteiger charge is 2.31. The molecule has 1 aliphatic heterocycles. The number of nitrogens with one attached hydrogen (secondary N) is 1. The summed E-state index contributed by atoms with van der Waals surface area (Å²) < 4.78 is 6.44. The van der Waals surface area contributed by atoms with Gasteiger partial charge in [-0.3, -0.25) is 9.59 Å². The Balaban J connectivity index is 2.05. The van der Waals surface area contributed by atoms with Gasteiger partial charge in [-0.05, 0) is 31.5 Å². The average Bonchev–Trinajstić information content (AvgIpc) is 2.77. The third-order valence-electron chi connectivity index (χ3n) is 3.93. The summed E-state index contributed by atoms with van der Waals surface area (Å²) in [5.41, 5.74) is 2.36. The minimum Gasteiger partial charge on any atom is -0.506 e. The fourth-order valence-electron chi connectivity index (χ4n) is 2.84. The molecular weight excluding hydrogens is 378 g/mol. The Hall–Kier alpha value is -2.19. The van der Waals surface area contributed by atoms with E-state index in [1.54, 1.807) is 19.1 Å². The van der Waals surface area contributed by atoms with Gasteiger partial charge in [0.1, 0.15) is 18.1 Å². The van der Waals surface area contributed by atoms with E-state index in [1.807, 2.05) is 6.92 Å². The van der Waals surface area contributed by atoms with E-state index in [2.05, 4.69) is 10.4 Å². The molecule has 7 nitrogen and oxygen atoms in total. The number of rotatable bonds is 4. The van der Waals surface area contributed by atoms with Gasteiger partial charge in [-0.2, -0.15) is 5.10 Å². The number of aromatic hydroxyl groups is 1. The lowest BCUT2D eigenvalue weighted by Gasteiger charge is -2.16. The molecule has 9 heteroatoms. The first-order valence-electron chi connectivity index (χ1n) is 8.03. The summed E-state index contributed by atoms with van der Waals surface area (Å²) in [5, 5.41) is 16.9. The molecular formula is C17H18ClN3O4S. The molecule has 2 N–H and O–H groups in total. The van der Waals surface area contributed by atoms with Gasteiger partial charge in [0, 0.05) is 5.56 Å². The normalized spacial score (nSPS) is 16.6. The second-order valence-electron chi connectivity index (χ2n) is 5.76. The van der Waals surface area contributed by atoms with E-state index in [-0.39, 0.29) is 40.8 Å². The van der Waals surface area contributed by atoms with Crippen LogP contribution in [0.1, 0.15) is 29.0 Å². The molecule has 0 saturated carbocycles. The van der Waals surface area contributed by atoms with Crippen molar-refractivity contribution >= 4 is 41.1 Å². The molecule has 0 spiro atoms. The third kappa shape index (κ3) is 3.66. The number of amides is 1. The van der Waals surface area contributed by atoms with E-state index in [4.69, 9.17) is 16.3 Å². The zero-order valence-electron chi connectivity index (χ0n) is 14.3. The minimum atomic E-state index is -0.423. The number of phenolic OH excluding ortho intramolecular Hbond substituents is 1. The van der Waals surface area contributed by atoms with Crippen LogP contribution in [0.2, 0.25) is 5.02 Å². The topological polar surface area (TPSA) is 93.5 Å². The lowest BCUT2D eigenvalue weighted by atomic mass is 10.0. The van der Waals surface area contributed by atoms with Gasteiger partial charge in [-0.25, -0.2) is 4.68 Å². The first-order valence-corrected chi connectivity index (χ1v) is 9.46. The molecule has 1 aliphatic rings. The standard InChI is InChI=1S/C17H18ClN3O4S/c1-3-25-14(24)7-21-17-15(9(2)20-21)16(26-8-13(23)19-17)10-4-5-12(22)11(18)6-10/h4-6,16,22H,3,7-8H2,1-2H3,(H,19,23). The van der Waals surface area contributed by atoms with Gasteiger partial charge in [0.25, 0.3) is 0 Å². The summed E-state index contributed by atoms with van der Waals surface area (Å²) in [6.45, 7) is 3.75. The van der Waals surface area contributed by atoms with E-state index in [9.17, 15) is 14.7 Å². The van der Waals surface area contributed by atoms with Gasteiger partial charge in [-0.15, -0.1) is 11.8 Å². The number of esters is 1. The van der Waals surface area contributed by atoms with Crippen LogP contribution < -0.4 is 5.32 Å². The highest BCUT2D eigenvalue weighted by Crippen LogP contribution is 2.44. The second-order valence-corrected chi connectivity index (χ2v) is 7.26. The molecule has 1 amide bonds. The van der Waals surface area contributed by atoms with Crippen LogP contribution in [0.4, 0.5) is 5.82 Å². The maximum atomic E-state index is 12.2. The lowest BCUT2D eigenvalue weighted by molar-refractivity contribution is -0.144. The number of hydrogen-bond donors (Lipinski definition) is 2. The van der Waals surface area contributed by atoms with Crippen molar-refractivity contribution in [2.24, 2.45) is 0 Å². The minimum absolute atomic E-state index is 0.00167. The number of carbonyl (C=O) groups excluding carboxylic acids is 2. The number of anilines is 1. The number of nitrogens with zero attached hydrogens (tertiary/aromatic N) is 2. The molecule has 0 saturated heterocycles. The molecule has 0 bridgehead atoms. The van der Waals surface area contributed by atoms with Crippen molar-refractivity contribution in [3.8, 4) is 5.75 Å². The van der Waals surface area contributed by atoms with Gasteiger partial charge in [0.05, 0.1) is 28.3 Å². The molecule has 0 aliphatic carbocycles. The molecule has 138 valence electrons. The molecule has 2 heterocycles. The van der Waals surface area contributed by atoms with Crippen molar-refractivity contribution in [1.82, 2.24) is 9.78 Å². The Morgan fingerprint density at radius 3 is 3.00 bits per heavy atom. The maximum Gasteiger partial charge on any atom is 0.327 e. The maximum absolute atomic E-state index is 12.2. The van der Waals surface area contributed by atoms with Gasteiger partial charge < -0.3 is 15.2 Å². The molecule has 3 rings (SSSR count). The van der Waals surface area contributed by atoms with E-state index < -0.39 is 5.97 Å². The third-order valence-corrected chi connectivity index (χ3v) is 5.51. The Morgan fingerprint density at radius 2 is 2.31 bits per heavy atom. The van der Waals surface area contributed by atoms with Crippen LogP contribution in [0.15, 0.2) is 18.2 Å². The number of thioether (sulfide) groups is 1. The van der Waals surface area contributed by atoms with Crippen LogP contribution in [0.5, 0.6) is 5.75 Å². The van der Waals surface area contributed by atoms with Crippen molar-refractivity contribution in [3.05, 3.63) is 40.0 Å². The molecule has 0 radical (unpaired) electrons. The Labute approximate surface area is 159 Å². The fourth-order valence-corrected chi connectivity index (χ4v) is 4.21. The molecule has 1 unspecified atom stereocenters. The molecule has 1 atom stereocenters. The van der Waals surface area contributed by atoms with Crippen LogP contribution in [-0.2, 0) is 20.9 Å². The van der Waals surface area contributed by atoms with Crippen molar-refractivity contribution in [1.29, 1.82) is 0 Å². The molecule has 2 aromatic rings. The monoisotopic (exact) mass is 395 g/mol. The van der Waals surface area contributed by atoms with Crippen LogP contribution in [0, 0.1) is 6.92 Å². The predicted octanol–water partition coefficient (Wildman–Crippen LogP) is 2.89. The Bertz CT molecular complexity index is 868. The van der Waals surface area contributed by atoms with Crippen LogP contribution >= 0.6 is 23.4 Å².